The van der Waals surface area contributed by atoms with Gasteiger partial charge in [0.2, 0.25) is 11.8 Å². The van der Waals surface area contributed by atoms with Crippen LogP contribution in [0.25, 0.3) is 34.4 Å². The second-order valence-electron chi connectivity index (χ2n) is 20.4. The first kappa shape index (κ1) is 64.9. The van der Waals surface area contributed by atoms with E-state index >= 15 is 0 Å². The number of carbonyl (C=O) groups excluding carboxylic acids is 2. The number of imidazole rings is 1. The molecule has 15 nitrogen and oxygen atoms in total. The van der Waals surface area contributed by atoms with Crippen LogP contribution in [0.15, 0.2) is 174 Å². The third-order valence-corrected chi connectivity index (χ3v) is 16.8. The smallest absolute Gasteiger partial charge is 0.387 e. The molecule has 6 aromatic carbocycles. The number of amides is 2. The first-order valence-corrected chi connectivity index (χ1v) is 32.0. The number of methoxy groups -OCH3 is 1. The van der Waals surface area contributed by atoms with Gasteiger partial charge in [0, 0.05) is 88.8 Å². The van der Waals surface area contributed by atoms with Gasteiger partial charge in [0.05, 0.1) is 77.1 Å². The zero-order valence-electron chi connectivity index (χ0n) is 49.3. The molecular formula is C67H73ClF2N6O9S2. The zero-order chi connectivity index (χ0) is 61.5. The van der Waals surface area contributed by atoms with E-state index < -0.39 is 34.1 Å². The van der Waals surface area contributed by atoms with E-state index in [0.717, 1.165) is 97.8 Å². The van der Waals surface area contributed by atoms with Gasteiger partial charge in [-0.1, -0.05) is 62.7 Å². The number of rotatable bonds is 33. The molecule has 8 rings (SSSR count). The third-order valence-electron chi connectivity index (χ3n) is 13.8. The van der Waals surface area contributed by atoms with Crippen molar-refractivity contribution >= 4 is 68.5 Å². The minimum absolute atomic E-state index is 0.0655. The highest BCUT2D eigenvalue weighted by Crippen LogP contribution is 2.36. The van der Waals surface area contributed by atoms with Gasteiger partial charge in [-0.05, 0) is 164 Å². The van der Waals surface area contributed by atoms with Crippen LogP contribution in [0.5, 0.6) is 23.0 Å². The minimum Gasteiger partial charge on any atom is -0.495 e. The van der Waals surface area contributed by atoms with E-state index in [2.05, 4.69) is 45.5 Å². The lowest BCUT2D eigenvalue weighted by Gasteiger charge is -2.23. The normalized spacial score (nSPS) is 13.1. The molecule has 1 aliphatic heterocycles. The van der Waals surface area contributed by atoms with Crippen LogP contribution in [0.2, 0.25) is 5.02 Å². The van der Waals surface area contributed by atoms with E-state index in [-0.39, 0.29) is 11.7 Å². The molecule has 0 fully saturated rings. The van der Waals surface area contributed by atoms with Crippen molar-refractivity contribution in [1.29, 1.82) is 0 Å². The van der Waals surface area contributed by atoms with Crippen molar-refractivity contribution in [3.63, 3.8) is 0 Å². The van der Waals surface area contributed by atoms with Crippen LogP contribution in [0.3, 0.4) is 0 Å². The summed E-state index contributed by atoms with van der Waals surface area (Å²) in [5.41, 5.74) is 7.19. The Balaban J connectivity index is 0.740. The van der Waals surface area contributed by atoms with Gasteiger partial charge in [0.25, 0.3) is 0 Å². The molecule has 0 aliphatic carbocycles. The minimum atomic E-state index is -3.04. The van der Waals surface area contributed by atoms with Crippen molar-refractivity contribution in [2.75, 3.05) is 69.7 Å². The summed E-state index contributed by atoms with van der Waals surface area (Å²) >= 11 is 6.68. The van der Waals surface area contributed by atoms with Gasteiger partial charge in [0.15, 0.2) is 0 Å². The molecule has 1 aliphatic rings. The number of aryl methyl sites for hydroxylation is 1. The average molecular weight is 1240 g/mol. The summed E-state index contributed by atoms with van der Waals surface area (Å²) < 4.78 is 83.3. The molecule has 0 bridgehead atoms. The molecule has 458 valence electrons. The van der Waals surface area contributed by atoms with Crippen LogP contribution < -0.4 is 29.6 Å². The summed E-state index contributed by atoms with van der Waals surface area (Å²) in [5, 5.41) is 6.05. The topological polar surface area (TPSA) is 163 Å². The second-order valence-corrected chi connectivity index (χ2v) is 23.7. The van der Waals surface area contributed by atoms with Crippen molar-refractivity contribution in [1.82, 2.24) is 19.4 Å². The molecule has 0 saturated heterocycles. The lowest BCUT2D eigenvalue weighted by Crippen LogP contribution is -2.29. The van der Waals surface area contributed by atoms with E-state index in [0.29, 0.717) is 86.7 Å². The first-order chi connectivity index (χ1) is 42.3. The number of unbranched alkanes of at least 4 members (excludes halogenated alkanes) is 1. The van der Waals surface area contributed by atoms with Gasteiger partial charge >= 0.3 is 6.61 Å². The summed E-state index contributed by atoms with van der Waals surface area (Å²) in [6.07, 6.45) is 15.9. The Bertz CT molecular complexity index is 3530. The largest absolute Gasteiger partial charge is 0.495 e. The number of alkyl halides is 2. The summed E-state index contributed by atoms with van der Waals surface area (Å²) in [4.78, 5) is 36.0. The number of hydrogen-bond acceptors (Lipinski definition) is 12. The summed E-state index contributed by atoms with van der Waals surface area (Å²) in [5.74, 6) is 1.65. The molecule has 7 aromatic rings. The molecular weight excluding hydrogens is 1170 g/mol. The lowest BCUT2D eigenvalue weighted by molar-refractivity contribution is -0.112. The number of nitrogens with one attached hydrogen (secondary N) is 2. The standard InChI is InChI=1S/C67H73ClF2N6O9S2/c1-5-32-75-46-71-42-56(75)44-86(79)60-25-17-55(18-26-60)73-65(78)31-16-52-40-53(41-62(68)66(52)81-4)49-12-23-59(24-13-49)84-38-37-82-36-9-8-34-74-43-57(76(47-74)33-6-2)45-87(80)61-27-19-54(20-28-61)72-64(77)30-15-51-39-50(14-29-63(51)85-67(69)70)48-10-21-58(22-11-48)83-35-7-3/h10-31,39-43,46,67H,5-9,32-38,44-45,47H2,1-4H3,(H,72,77)(H,73,78)/b30-15+,31-16+. The number of benzene rings is 6. The zero-order valence-corrected chi connectivity index (χ0v) is 51.7. The summed E-state index contributed by atoms with van der Waals surface area (Å²) in [7, 11) is -1.09. The lowest BCUT2D eigenvalue weighted by atomic mass is 10.0. The molecule has 0 spiro atoms. The van der Waals surface area contributed by atoms with Gasteiger partial charge in [-0.2, -0.15) is 8.78 Å². The summed E-state index contributed by atoms with van der Waals surface area (Å²) in [6, 6.07) is 37.4. The van der Waals surface area contributed by atoms with E-state index in [4.69, 9.17) is 35.3 Å². The fourth-order valence-electron chi connectivity index (χ4n) is 9.54. The molecule has 87 heavy (non-hydrogen) atoms. The molecule has 20 heteroatoms. The van der Waals surface area contributed by atoms with E-state index in [9.17, 15) is 26.8 Å². The summed E-state index contributed by atoms with van der Waals surface area (Å²) in [6.45, 7) is 8.37. The molecule has 2 atom stereocenters. The highest BCUT2D eigenvalue weighted by atomic mass is 35.5. The maximum atomic E-state index is 13.7. The molecule has 0 radical (unpaired) electrons. The van der Waals surface area contributed by atoms with Crippen molar-refractivity contribution in [3.05, 3.63) is 186 Å². The average Bonchev–Trinajstić information content (AvgIpc) is 4.10. The Hall–Kier alpha value is -8.10. The van der Waals surface area contributed by atoms with E-state index in [1.165, 1.54) is 31.4 Å². The van der Waals surface area contributed by atoms with Crippen LogP contribution in [-0.4, -0.2) is 105 Å². The Morgan fingerprint density at radius 2 is 1.24 bits per heavy atom. The molecule has 0 saturated carbocycles. The predicted molar refractivity (Wildman–Crippen MR) is 342 cm³/mol. The van der Waals surface area contributed by atoms with Crippen molar-refractivity contribution in [2.24, 2.45) is 0 Å². The maximum absolute atomic E-state index is 13.7. The number of ether oxygens (including phenoxy) is 5. The quantitative estimate of drug-likeness (QED) is 0.0296. The van der Waals surface area contributed by atoms with Crippen molar-refractivity contribution < 1.29 is 50.5 Å². The van der Waals surface area contributed by atoms with Crippen LogP contribution >= 0.6 is 11.6 Å². The molecule has 2 N–H and O–H groups in total. The monoisotopic (exact) mass is 1240 g/mol. The Kier molecular flexibility index (Phi) is 24.7. The van der Waals surface area contributed by atoms with Gasteiger partial charge in [-0.15, -0.1) is 0 Å². The fourth-order valence-corrected chi connectivity index (χ4v) is 12.1. The van der Waals surface area contributed by atoms with Crippen molar-refractivity contribution in [2.45, 2.75) is 81.6 Å². The number of aromatic nitrogens is 2. The maximum Gasteiger partial charge on any atom is 0.387 e. The molecule has 2 unspecified atom stereocenters. The Labute approximate surface area is 517 Å². The molecule has 2 heterocycles. The van der Waals surface area contributed by atoms with Gasteiger partial charge in [0.1, 0.15) is 29.6 Å². The highest BCUT2D eigenvalue weighted by Gasteiger charge is 2.23. The Morgan fingerprint density at radius 3 is 1.85 bits per heavy atom. The number of hydrogen-bond donors (Lipinski definition) is 2. The van der Waals surface area contributed by atoms with Gasteiger partial charge in [-0.25, -0.2) is 4.98 Å². The van der Waals surface area contributed by atoms with Gasteiger partial charge in [-0.3, -0.25) is 18.0 Å². The number of anilines is 2. The number of nitrogens with zero attached hydrogens (tertiary/aromatic N) is 4. The fraction of sp³-hybridized carbons (Fsp3) is 0.299. The Morgan fingerprint density at radius 1 is 0.655 bits per heavy atom. The number of halogens is 3. The first-order valence-electron chi connectivity index (χ1n) is 28.9. The van der Waals surface area contributed by atoms with Crippen molar-refractivity contribution in [3.8, 4) is 45.3 Å². The second kappa shape index (κ2) is 33.1. The van der Waals surface area contributed by atoms with Crippen LogP contribution in [0.4, 0.5) is 20.2 Å². The van der Waals surface area contributed by atoms with E-state index in [1.807, 2.05) is 72.2 Å². The van der Waals surface area contributed by atoms with Crippen LogP contribution in [0.1, 0.15) is 69.7 Å². The SMILES string of the molecule is CCCOc1ccc(-c2ccc(OC(F)F)c(/C=C/C(=O)Nc3ccc(S(=O)CC4=CN(CCCCOCCOc5ccc(-c6cc(Cl)c(OC)c(/C=C/C(=O)Nc7ccc(S(=O)Cc8cncn8CCC)cc7)c6)cc5)CN4CCC)cc3)c2)cc1. The third kappa shape index (κ3) is 19.4. The van der Waals surface area contributed by atoms with E-state index in [1.54, 1.807) is 79.3 Å². The number of carbonyl (C=O) groups is 2. The van der Waals surface area contributed by atoms with Crippen LogP contribution in [-0.2, 0) is 48.2 Å². The van der Waals surface area contributed by atoms with Crippen LogP contribution in [0, 0.1) is 0 Å². The predicted octanol–water partition coefficient (Wildman–Crippen LogP) is 14.1. The molecule has 1 aromatic heterocycles. The highest BCUT2D eigenvalue weighted by molar-refractivity contribution is 7.85. The molecule has 2 amide bonds. The van der Waals surface area contributed by atoms with Gasteiger partial charge < -0.3 is 48.7 Å².